The Morgan fingerprint density at radius 2 is 2.05 bits per heavy atom. The Hall–Kier alpha value is -0.990. The van der Waals surface area contributed by atoms with Crippen LogP contribution in [-0.4, -0.2) is 18.9 Å². The van der Waals surface area contributed by atoms with Crippen molar-refractivity contribution in [2.75, 3.05) is 6.61 Å². The molecule has 0 aliphatic rings. The van der Waals surface area contributed by atoms with E-state index in [-0.39, 0.29) is 25.2 Å². The number of rotatable bonds is 5. The van der Waals surface area contributed by atoms with Crippen molar-refractivity contribution in [1.82, 2.24) is 0 Å². The van der Waals surface area contributed by atoms with E-state index in [9.17, 15) is 18.0 Å². The Morgan fingerprint density at radius 1 is 1.37 bits per heavy atom. The second-order valence-corrected chi connectivity index (χ2v) is 4.74. The molecule has 0 saturated heterocycles. The van der Waals surface area contributed by atoms with Gasteiger partial charge in [-0.05, 0) is 47.6 Å². The lowest BCUT2D eigenvalue weighted by Crippen LogP contribution is -2.19. The van der Waals surface area contributed by atoms with E-state index in [1.54, 1.807) is 35.6 Å². The van der Waals surface area contributed by atoms with Gasteiger partial charge in [-0.25, -0.2) is 0 Å². The van der Waals surface area contributed by atoms with Crippen LogP contribution >= 0.6 is 22.6 Å². The molecule has 0 radical (unpaired) electrons. The summed E-state index contributed by atoms with van der Waals surface area (Å²) in [5.41, 5.74) is 0.331. The van der Waals surface area contributed by atoms with E-state index in [0.29, 0.717) is 9.13 Å². The van der Waals surface area contributed by atoms with Crippen LogP contribution in [0.25, 0.3) is 0 Å². The van der Waals surface area contributed by atoms with Crippen molar-refractivity contribution in [2.45, 2.75) is 26.1 Å². The lowest BCUT2D eigenvalue weighted by molar-refractivity contribution is -0.275. The smallest absolute Gasteiger partial charge is 0.466 e. The third-order valence-electron chi connectivity index (χ3n) is 2.17. The third kappa shape index (κ3) is 5.66. The van der Waals surface area contributed by atoms with Gasteiger partial charge in [-0.2, -0.15) is 0 Å². The molecule has 0 heterocycles. The Labute approximate surface area is 122 Å². The predicted molar refractivity (Wildman–Crippen MR) is 70.8 cm³/mol. The number of para-hydroxylation sites is 1. The molecule has 0 amide bonds. The Bertz CT molecular complexity index is 446. The maximum absolute atomic E-state index is 12.3. The summed E-state index contributed by atoms with van der Waals surface area (Å²) >= 11 is 1.76. The fraction of sp³-hybridized carbons (Fsp3) is 0.417. The number of alkyl halides is 3. The first-order valence-corrected chi connectivity index (χ1v) is 6.60. The number of hydrogen-bond acceptors (Lipinski definition) is 3. The van der Waals surface area contributed by atoms with E-state index < -0.39 is 12.3 Å². The molecule has 0 saturated carbocycles. The summed E-state index contributed by atoms with van der Waals surface area (Å²) in [5.74, 6) is -0.695. The van der Waals surface area contributed by atoms with E-state index in [2.05, 4.69) is 4.74 Å². The van der Waals surface area contributed by atoms with Crippen LogP contribution in [0, 0.1) is 3.57 Å². The highest BCUT2D eigenvalue weighted by Gasteiger charge is 2.33. The molecule has 0 aliphatic heterocycles. The van der Waals surface area contributed by atoms with Gasteiger partial charge < -0.3 is 9.47 Å². The number of aryl methyl sites for hydroxylation is 1. The zero-order chi connectivity index (χ0) is 14.5. The van der Waals surface area contributed by atoms with Crippen molar-refractivity contribution < 1.29 is 27.4 Å². The van der Waals surface area contributed by atoms with Crippen molar-refractivity contribution in [3.8, 4) is 5.75 Å². The molecule has 19 heavy (non-hydrogen) atoms. The van der Waals surface area contributed by atoms with Crippen LogP contribution in [0.15, 0.2) is 18.2 Å². The molecular formula is C12H12F3IO3. The monoisotopic (exact) mass is 388 g/mol. The molecule has 0 aromatic heterocycles. The van der Waals surface area contributed by atoms with Crippen molar-refractivity contribution in [3.05, 3.63) is 27.3 Å². The Morgan fingerprint density at radius 3 is 2.63 bits per heavy atom. The zero-order valence-electron chi connectivity index (χ0n) is 10.1. The Balaban J connectivity index is 2.82. The van der Waals surface area contributed by atoms with E-state index in [1.807, 2.05) is 0 Å². The standard InChI is InChI=1S/C12H12F3IO3/c1-2-18-10(17)7-6-8-4-3-5-9(16)11(8)19-12(13,14)15/h3-5H,2,6-7H2,1H3. The molecule has 1 rings (SSSR count). The lowest BCUT2D eigenvalue weighted by atomic mass is 10.1. The first-order chi connectivity index (χ1) is 8.83. The fourth-order valence-corrected chi connectivity index (χ4v) is 2.11. The van der Waals surface area contributed by atoms with E-state index in [1.165, 1.54) is 12.1 Å². The maximum Gasteiger partial charge on any atom is 0.573 e. The van der Waals surface area contributed by atoms with E-state index >= 15 is 0 Å². The van der Waals surface area contributed by atoms with Gasteiger partial charge in [0.25, 0.3) is 0 Å². The van der Waals surface area contributed by atoms with Crippen molar-refractivity contribution in [2.24, 2.45) is 0 Å². The predicted octanol–water partition coefficient (Wildman–Crippen LogP) is 3.69. The summed E-state index contributed by atoms with van der Waals surface area (Å²) < 4.78 is 46.0. The van der Waals surface area contributed by atoms with Gasteiger partial charge in [0.1, 0.15) is 5.75 Å². The zero-order valence-corrected chi connectivity index (χ0v) is 12.2. The topological polar surface area (TPSA) is 35.5 Å². The SMILES string of the molecule is CCOC(=O)CCc1cccc(I)c1OC(F)(F)F. The highest BCUT2D eigenvalue weighted by molar-refractivity contribution is 14.1. The molecule has 0 aliphatic carbocycles. The molecule has 0 N–H and O–H groups in total. The second kappa shape index (κ2) is 6.97. The molecule has 7 heteroatoms. The molecule has 0 unspecified atom stereocenters. The van der Waals surface area contributed by atoms with Gasteiger partial charge in [0.15, 0.2) is 0 Å². The van der Waals surface area contributed by atoms with Crippen molar-refractivity contribution in [1.29, 1.82) is 0 Å². The minimum atomic E-state index is -4.75. The summed E-state index contributed by atoms with van der Waals surface area (Å²) in [4.78, 5) is 11.2. The van der Waals surface area contributed by atoms with Crippen LogP contribution in [0.2, 0.25) is 0 Å². The van der Waals surface area contributed by atoms with Gasteiger partial charge >= 0.3 is 12.3 Å². The van der Waals surface area contributed by atoms with E-state index in [0.717, 1.165) is 0 Å². The number of esters is 1. The number of halogens is 4. The molecule has 1 aromatic rings. The summed E-state index contributed by atoms with van der Waals surface area (Å²) in [6.45, 7) is 1.92. The number of carbonyl (C=O) groups is 1. The van der Waals surface area contributed by atoms with Gasteiger partial charge in [0, 0.05) is 6.42 Å². The normalized spacial score (nSPS) is 11.2. The molecule has 0 spiro atoms. The van der Waals surface area contributed by atoms with Crippen LogP contribution in [0.4, 0.5) is 13.2 Å². The molecule has 0 bridgehead atoms. The highest BCUT2D eigenvalue weighted by atomic mass is 127. The van der Waals surface area contributed by atoms with Crippen LogP contribution in [0.5, 0.6) is 5.75 Å². The summed E-state index contributed by atoms with van der Waals surface area (Å²) in [6, 6.07) is 4.63. The number of carbonyl (C=O) groups excluding carboxylic acids is 1. The molecular weight excluding hydrogens is 376 g/mol. The van der Waals surface area contributed by atoms with Gasteiger partial charge in [0.05, 0.1) is 10.2 Å². The molecule has 3 nitrogen and oxygen atoms in total. The van der Waals surface area contributed by atoms with Gasteiger partial charge in [0.2, 0.25) is 0 Å². The number of benzene rings is 1. The van der Waals surface area contributed by atoms with Gasteiger partial charge in [-0.15, -0.1) is 13.2 Å². The van der Waals surface area contributed by atoms with Crippen molar-refractivity contribution >= 4 is 28.6 Å². The number of ether oxygens (including phenoxy) is 2. The van der Waals surface area contributed by atoms with Crippen LogP contribution < -0.4 is 4.74 Å². The van der Waals surface area contributed by atoms with Gasteiger partial charge in [-0.1, -0.05) is 12.1 Å². The fourth-order valence-electron chi connectivity index (χ4n) is 1.45. The molecule has 1 aromatic carbocycles. The largest absolute Gasteiger partial charge is 0.573 e. The maximum atomic E-state index is 12.3. The number of hydrogen-bond donors (Lipinski definition) is 0. The molecule has 0 atom stereocenters. The minimum absolute atomic E-state index is 0.0160. The summed E-state index contributed by atoms with van der Waals surface area (Å²) in [6.07, 6.45) is -4.59. The summed E-state index contributed by atoms with van der Waals surface area (Å²) in [7, 11) is 0. The van der Waals surface area contributed by atoms with E-state index in [4.69, 9.17) is 4.74 Å². The lowest BCUT2D eigenvalue weighted by Gasteiger charge is -2.14. The van der Waals surface area contributed by atoms with Gasteiger partial charge in [-0.3, -0.25) is 4.79 Å². The minimum Gasteiger partial charge on any atom is -0.466 e. The summed E-state index contributed by atoms with van der Waals surface area (Å²) in [5, 5.41) is 0. The second-order valence-electron chi connectivity index (χ2n) is 3.58. The van der Waals surface area contributed by atoms with Crippen LogP contribution in [0.3, 0.4) is 0 Å². The van der Waals surface area contributed by atoms with Crippen LogP contribution in [-0.2, 0) is 16.0 Å². The highest BCUT2D eigenvalue weighted by Crippen LogP contribution is 2.31. The molecule has 0 fully saturated rings. The first kappa shape index (κ1) is 16.1. The molecule has 106 valence electrons. The van der Waals surface area contributed by atoms with Crippen molar-refractivity contribution in [3.63, 3.8) is 0 Å². The Kier molecular flexibility index (Phi) is 5.89. The quantitative estimate of drug-likeness (QED) is 0.570. The third-order valence-corrected chi connectivity index (χ3v) is 3.02. The first-order valence-electron chi connectivity index (χ1n) is 5.52. The van der Waals surface area contributed by atoms with Crippen LogP contribution in [0.1, 0.15) is 18.9 Å². The average Bonchev–Trinajstić information content (AvgIpc) is 2.29. The average molecular weight is 388 g/mol.